The molecule has 0 aromatic heterocycles. The van der Waals surface area contributed by atoms with Gasteiger partial charge in [0.15, 0.2) is 9.84 Å². The zero-order valence-corrected chi connectivity index (χ0v) is 22.3. The second-order valence-corrected chi connectivity index (χ2v) is 15.4. The predicted molar refractivity (Wildman–Crippen MR) is 133 cm³/mol. The first-order valence-electron chi connectivity index (χ1n) is 12.0. The lowest BCUT2D eigenvalue weighted by molar-refractivity contribution is -0.120. The maximum absolute atomic E-state index is 13.2. The molecule has 3 rings (SSSR count). The highest BCUT2D eigenvalue weighted by Gasteiger charge is 2.36. The van der Waals surface area contributed by atoms with Crippen molar-refractivity contribution in [2.24, 2.45) is 5.92 Å². The van der Waals surface area contributed by atoms with Gasteiger partial charge in [-0.05, 0) is 91.3 Å². The molecule has 192 valence electrons. The first-order valence-corrected chi connectivity index (χ1v) is 15.0. The smallest absolute Gasteiger partial charge is 0.227 e. The third kappa shape index (κ3) is 6.38. The van der Waals surface area contributed by atoms with E-state index in [-0.39, 0.29) is 35.0 Å². The zero-order valence-electron chi connectivity index (χ0n) is 20.7. The summed E-state index contributed by atoms with van der Waals surface area (Å²) >= 11 is 0. The van der Waals surface area contributed by atoms with Crippen LogP contribution in [0.2, 0.25) is 0 Å². The van der Waals surface area contributed by atoms with Crippen LogP contribution >= 0.6 is 0 Å². The zero-order chi connectivity index (χ0) is 25.3. The van der Waals surface area contributed by atoms with E-state index in [0.717, 1.165) is 0 Å². The number of benzene rings is 1. The van der Waals surface area contributed by atoms with Crippen LogP contribution in [0.3, 0.4) is 0 Å². The first kappa shape index (κ1) is 27.1. The van der Waals surface area contributed by atoms with Crippen LogP contribution in [0.4, 0.5) is 5.69 Å². The molecular formula is C24H38N2O6S2. The van der Waals surface area contributed by atoms with Gasteiger partial charge in [0, 0.05) is 17.6 Å². The lowest BCUT2D eigenvalue weighted by Gasteiger charge is -2.32. The minimum absolute atomic E-state index is 0.116. The monoisotopic (exact) mass is 514 g/mol. The number of carbonyl (C=O) groups excluding carboxylic acids is 1. The van der Waals surface area contributed by atoms with Crippen molar-refractivity contribution < 1.29 is 26.4 Å². The quantitative estimate of drug-likeness (QED) is 0.598. The number of anilines is 1. The average Bonchev–Trinajstić information content (AvgIpc) is 2.72. The van der Waals surface area contributed by atoms with E-state index in [2.05, 4.69) is 10.0 Å². The Bertz CT molecular complexity index is 1080. The number of sulfonamides is 1. The number of hydrogen-bond acceptors (Lipinski definition) is 6. The van der Waals surface area contributed by atoms with Crippen molar-refractivity contribution in [1.82, 2.24) is 4.72 Å². The summed E-state index contributed by atoms with van der Waals surface area (Å²) in [6, 6.07) is 6.26. The summed E-state index contributed by atoms with van der Waals surface area (Å²) < 4.78 is 58.8. The molecule has 0 radical (unpaired) electrons. The van der Waals surface area contributed by atoms with Crippen molar-refractivity contribution in [2.45, 2.75) is 106 Å². The predicted octanol–water partition coefficient (Wildman–Crippen LogP) is 3.63. The standard InChI is InChI=1S/C24H38N2O6S2/c1-16-13-22(14-17(2)32-16)33(28,29)21-8-6-7-20(15-21)25-23(27)18-9-11-19(12-10-18)26-34(30,31)24(3,4)5/h6-8,15-19,22,26H,9-14H2,1-5H3,(H,25,27)/t16-,17+,18-,19-,22?. The summed E-state index contributed by atoms with van der Waals surface area (Å²) in [6.45, 7) is 8.75. The maximum atomic E-state index is 13.2. The van der Waals surface area contributed by atoms with Gasteiger partial charge < -0.3 is 10.1 Å². The Balaban J connectivity index is 1.61. The fourth-order valence-corrected chi connectivity index (χ4v) is 7.68. The molecule has 1 aliphatic carbocycles. The van der Waals surface area contributed by atoms with Gasteiger partial charge in [-0.15, -0.1) is 0 Å². The van der Waals surface area contributed by atoms with Crippen molar-refractivity contribution in [3.63, 3.8) is 0 Å². The molecule has 10 heteroatoms. The van der Waals surface area contributed by atoms with Crippen LogP contribution in [0.25, 0.3) is 0 Å². The average molecular weight is 515 g/mol. The van der Waals surface area contributed by atoms with E-state index >= 15 is 0 Å². The van der Waals surface area contributed by atoms with Crippen LogP contribution < -0.4 is 10.0 Å². The molecule has 2 N–H and O–H groups in total. The molecular weight excluding hydrogens is 476 g/mol. The van der Waals surface area contributed by atoms with Crippen molar-refractivity contribution in [3.8, 4) is 0 Å². The molecule has 1 saturated heterocycles. The number of carbonyl (C=O) groups is 1. The van der Waals surface area contributed by atoms with Gasteiger partial charge in [-0.1, -0.05) is 6.07 Å². The molecule has 1 aromatic rings. The van der Waals surface area contributed by atoms with Gasteiger partial charge in [-0.25, -0.2) is 21.6 Å². The second-order valence-electron chi connectivity index (χ2n) is 10.7. The molecule has 34 heavy (non-hydrogen) atoms. The SMILES string of the molecule is C[C@@H]1CC(S(=O)(=O)c2cccc(NC(=O)[C@H]3CC[C@H](NS(=O)(=O)C(C)(C)C)CC3)c2)C[C@H](C)O1. The fourth-order valence-electron chi connectivity index (χ4n) is 4.65. The highest BCUT2D eigenvalue weighted by molar-refractivity contribution is 7.92. The molecule has 2 aliphatic rings. The van der Waals surface area contributed by atoms with Crippen LogP contribution in [-0.4, -0.2) is 51.0 Å². The van der Waals surface area contributed by atoms with Crippen molar-refractivity contribution >= 4 is 31.5 Å². The van der Waals surface area contributed by atoms with E-state index in [9.17, 15) is 21.6 Å². The summed E-state index contributed by atoms with van der Waals surface area (Å²) in [6.07, 6.45) is 2.97. The van der Waals surface area contributed by atoms with Crippen LogP contribution in [0.5, 0.6) is 0 Å². The highest BCUT2D eigenvalue weighted by atomic mass is 32.2. The lowest BCUT2D eigenvalue weighted by Crippen LogP contribution is -2.46. The molecule has 2 fully saturated rings. The van der Waals surface area contributed by atoms with Crippen LogP contribution in [0, 0.1) is 5.92 Å². The van der Waals surface area contributed by atoms with Crippen LogP contribution in [-0.2, 0) is 29.4 Å². The normalized spacial score (nSPS) is 28.9. The topological polar surface area (TPSA) is 119 Å². The third-order valence-corrected chi connectivity index (χ3v) is 11.2. The van der Waals surface area contributed by atoms with Crippen LogP contribution in [0.1, 0.15) is 73.1 Å². The summed E-state index contributed by atoms with van der Waals surface area (Å²) in [4.78, 5) is 13.1. The number of hydrogen-bond donors (Lipinski definition) is 2. The Hall–Kier alpha value is -1.49. The van der Waals surface area contributed by atoms with Gasteiger partial charge in [0.2, 0.25) is 15.9 Å². The third-order valence-electron chi connectivity index (χ3n) is 6.75. The minimum Gasteiger partial charge on any atom is -0.375 e. The van der Waals surface area contributed by atoms with Crippen molar-refractivity contribution in [2.75, 3.05) is 5.32 Å². The van der Waals surface area contributed by atoms with Gasteiger partial charge in [0.25, 0.3) is 0 Å². The molecule has 3 atom stereocenters. The number of rotatable bonds is 6. The molecule has 1 saturated carbocycles. The minimum atomic E-state index is -3.54. The molecule has 1 unspecified atom stereocenters. The van der Waals surface area contributed by atoms with Gasteiger partial charge >= 0.3 is 0 Å². The molecule has 1 amide bonds. The van der Waals surface area contributed by atoms with E-state index in [0.29, 0.717) is 44.2 Å². The van der Waals surface area contributed by atoms with Crippen LogP contribution in [0.15, 0.2) is 29.2 Å². The van der Waals surface area contributed by atoms with Gasteiger partial charge in [-0.3, -0.25) is 4.79 Å². The van der Waals surface area contributed by atoms with E-state index in [4.69, 9.17) is 4.74 Å². The highest BCUT2D eigenvalue weighted by Crippen LogP contribution is 2.31. The molecule has 1 aromatic carbocycles. The maximum Gasteiger partial charge on any atom is 0.227 e. The number of sulfone groups is 1. The van der Waals surface area contributed by atoms with E-state index in [1.54, 1.807) is 39.0 Å². The number of ether oxygens (including phenoxy) is 1. The molecule has 1 aliphatic heterocycles. The molecule has 0 bridgehead atoms. The Kier molecular flexibility index (Phi) is 8.17. The summed E-state index contributed by atoms with van der Waals surface area (Å²) in [5.41, 5.74) is 0.454. The Labute approximate surface area is 204 Å². The van der Waals surface area contributed by atoms with Gasteiger partial charge in [-0.2, -0.15) is 0 Å². The largest absolute Gasteiger partial charge is 0.375 e. The Morgan fingerprint density at radius 3 is 2.12 bits per heavy atom. The van der Waals surface area contributed by atoms with E-state index in [1.165, 1.54) is 6.07 Å². The second kappa shape index (κ2) is 10.2. The number of nitrogens with one attached hydrogen (secondary N) is 2. The molecule has 1 heterocycles. The van der Waals surface area contributed by atoms with Crippen molar-refractivity contribution in [1.29, 1.82) is 0 Å². The summed E-state index contributed by atoms with van der Waals surface area (Å²) in [5, 5.41) is 2.36. The van der Waals surface area contributed by atoms with E-state index < -0.39 is 29.9 Å². The molecule has 0 spiro atoms. The fraction of sp³-hybridized carbons (Fsp3) is 0.708. The lowest BCUT2D eigenvalue weighted by atomic mass is 9.86. The Morgan fingerprint density at radius 2 is 1.56 bits per heavy atom. The van der Waals surface area contributed by atoms with Crippen molar-refractivity contribution in [3.05, 3.63) is 24.3 Å². The summed E-state index contributed by atoms with van der Waals surface area (Å²) in [7, 11) is -6.98. The number of amides is 1. The van der Waals surface area contributed by atoms with Gasteiger partial charge in [0.05, 0.1) is 27.1 Å². The Morgan fingerprint density at radius 1 is 0.971 bits per heavy atom. The first-order chi connectivity index (χ1) is 15.7. The van der Waals surface area contributed by atoms with E-state index in [1.807, 2.05) is 13.8 Å². The van der Waals surface area contributed by atoms with Gasteiger partial charge in [0.1, 0.15) is 0 Å². The molecule has 8 nitrogen and oxygen atoms in total. The summed E-state index contributed by atoms with van der Waals surface area (Å²) in [5.74, 6) is -0.409.